The Kier molecular flexibility index (Phi) is 4.99. The molecule has 1 aromatic carbocycles. The second kappa shape index (κ2) is 6.73. The zero-order valence-electron chi connectivity index (χ0n) is 10.1. The molecule has 0 radical (unpaired) electrons. The van der Waals surface area contributed by atoms with E-state index in [-0.39, 0.29) is 5.91 Å². The van der Waals surface area contributed by atoms with Crippen LogP contribution in [-0.2, 0) is 6.54 Å². The molecule has 6 heteroatoms. The van der Waals surface area contributed by atoms with Gasteiger partial charge in [0.05, 0.1) is 10.6 Å². The lowest BCUT2D eigenvalue weighted by atomic mass is 10.2. The second-order valence-electron chi connectivity index (χ2n) is 3.98. The quantitative estimate of drug-likeness (QED) is 0.849. The van der Waals surface area contributed by atoms with Crippen LogP contribution in [0.4, 0.5) is 0 Å². The molecule has 2 rings (SSSR count). The van der Waals surface area contributed by atoms with Gasteiger partial charge in [-0.05, 0) is 40.5 Å². The van der Waals surface area contributed by atoms with Crippen LogP contribution in [0.5, 0.6) is 0 Å². The summed E-state index contributed by atoms with van der Waals surface area (Å²) in [5.74, 6) is -0.160. The van der Waals surface area contributed by atoms with Crippen molar-refractivity contribution in [3.05, 3.63) is 51.7 Å². The van der Waals surface area contributed by atoms with E-state index in [1.54, 1.807) is 24.4 Å². The van der Waals surface area contributed by atoms with E-state index in [0.717, 1.165) is 17.4 Å². The number of amides is 1. The Morgan fingerprint density at radius 1 is 1.42 bits per heavy atom. The number of hydrogen-bond donors (Lipinski definition) is 1. The van der Waals surface area contributed by atoms with Gasteiger partial charge in [-0.15, -0.1) is 0 Å². The third kappa shape index (κ3) is 3.81. The number of halogens is 2. The zero-order chi connectivity index (χ0) is 13.7. The Hall–Kier alpha value is -1.33. The molecule has 1 amide bonds. The Bertz CT molecular complexity index is 557. The zero-order valence-corrected chi connectivity index (χ0v) is 12.5. The maximum atomic E-state index is 11.9. The first kappa shape index (κ1) is 14.1. The summed E-state index contributed by atoms with van der Waals surface area (Å²) in [5.41, 5.74) is 0.482. The minimum absolute atomic E-state index is 0.160. The topological polar surface area (TPSA) is 46.9 Å². The number of nitrogens with one attached hydrogen (secondary N) is 1. The molecule has 2 aromatic rings. The fourth-order valence-corrected chi connectivity index (χ4v) is 2.23. The van der Waals surface area contributed by atoms with Gasteiger partial charge >= 0.3 is 0 Å². The second-order valence-corrected chi connectivity index (χ2v) is 5.21. The summed E-state index contributed by atoms with van der Waals surface area (Å²) < 4.78 is 2.55. The highest BCUT2D eigenvalue weighted by Gasteiger charge is 2.11. The van der Waals surface area contributed by atoms with Gasteiger partial charge in [0.1, 0.15) is 0 Å². The van der Waals surface area contributed by atoms with E-state index in [0.29, 0.717) is 17.1 Å². The maximum Gasteiger partial charge on any atom is 0.252 e. The molecule has 1 N–H and O–H groups in total. The van der Waals surface area contributed by atoms with Gasteiger partial charge in [-0.25, -0.2) is 0 Å². The molecule has 0 aliphatic heterocycles. The first-order chi connectivity index (χ1) is 9.18. The summed E-state index contributed by atoms with van der Waals surface area (Å²) in [6.45, 7) is 1.36. The molecule has 0 saturated heterocycles. The van der Waals surface area contributed by atoms with Crippen molar-refractivity contribution < 1.29 is 4.79 Å². The van der Waals surface area contributed by atoms with Gasteiger partial charge < -0.3 is 5.32 Å². The monoisotopic (exact) mass is 341 g/mol. The Morgan fingerprint density at radius 2 is 2.26 bits per heavy atom. The average molecular weight is 343 g/mol. The number of carbonyl (C=O) groups excluding carboxylic acids is 1. The van der Waals surface area contributed by atoms with E-state index >= 15 is 0 Å². The van der Waals surface area contributed by atoms with Crippen LogP contribution in [0, 0.1) is 0 Å². The summed E-state index contributed by atoms with van der Waals surface area (Å²) in [5, 5.41) is 7.37. The van der Waals surface area contributed by atoms with Crippen LogP contribution in [0.3, 0.4) is 0 Å². The lowest BCUT2D eigenvalue weighted by molar-refractivity contribution is 0.0952. The van der Waals surface area contributed by atoms with E-state index in [2.05, 4.69) is 26.3 Å². The molecular formula is C13H13BrClN3O. The van der Waals surface area contributed by atoms with Crippen molar-refractivity contribution in [1.29, 1.82) is 0 Å². The lowest BCUT2D eigenvalue weighted by Gasteiger charge is -2.07. The average Bonchev–Trinajstić information content (AvgIpc) is 2.91. The van der Waals surface area contributed by atoms with E-state index in [4.69, 9.17) is 11.6 Å². The predicted octanol–water partition coefficient (Wildman–Crippen LogP) is 3.12. The van der Waals surface area contributed by atoms with Crippen LogP contribution in [0.1, 0.15) is 16.8 Å². The molecular weight excluding hydrogens is 330 g/mol. The third-order valence-corrected chi connectivity index (χ3v) is 3.90. The number of carbonyl (C=O) groups is 1. The first-order valence-electron chi connectivity index (χ1n) is 5.88. The van der Waals surface area contributed by atoms with Crippen LogP contribution in [0.15, 0.2) is 41.1 Å². The molecule has 1 heterocycles. The van der Waals surface area contributed by atoms with Crippen LogP contribution in [0.25, 0.3) is 0 Å². The molecule has 0 atom stereocenters. The minimum atomic E-state index is -0.160. The van der Waals surface area contributed by atoms with Crippen LogP contribution in [-0.4, -0.2) is 22.2 Å². The summed E-state index contributed by atoms with van der Waals surface area (Å²) in [4.78, 5) is 11.9. The fraction of sp³-hybridized carbons (Fsp3) is 0.231. The van der Waals surface area contributed by atoms with E-state index in [9.17, 15) is 4.79 Å². The van der Waals surface area contributed by atoms with Crippen molar-refractivity contribution in [3.63, 3.8) is 0 Å². The smallest absolute Gasteiger partial charge is 0.252 e. The molecule has 0 aliphatic rings. The summed E-state index contributed by atoms with van der Waals surface area (Å²) in [6.07, 6.45) is 4.45. The largest absolute Gasteiger partial charge is 0.352 e. The minimum Gasteiger partial charge on any atom is -0.352 e. The molecule has 0 spiro atoms. The van der Waals surface area contributed by atoms with Crippen molar-refractivity contribution in [2.45, 2.75) is 13.0 Å². The van der Waals surface area contributed by atoms with Gasteiger partial charge in [-0.2, -0.15) is 5.10 Å². The normalized spacial score (nSPS) is 10.4. The predicted molar refractivity (Wildman–Crippen MR) is 78.3 cm³/mol. The standard InChI is InChI=1S/C13H13BrClN3O/c14-11-5-1-4-10(12(11)15)13(19)16-6-2-8-18-9-3-7-17-18/h1,3-5,7,9H,2,6,8H2,(H,16,19). The summed E-state index contributed by atoms with van der Waals surface area (Å²) in [7, 11) is 0. The molecule has 0 unspecified atom stereocenters. The number of nitrogens with zero attached hydrogens (tertiary/aromatic N) is 2. The highest BCUT2D eigenvalue weighted by molar-refractivity contribution is 9.10. The van der Waals surface area contributed by atoms with Gasteiger partial charge in [0.25, 0.3) is 5.91 Å². The van der Waals surface area contributed by atoms with Crippen LogP contribution >= 0.6 is 27.5 Å². The number of aryl methyl sites for hydroxylation is 1. The SMILES string of the molecule is O=C(NCCCn1cccn1)c1cccc(Br)c1Cl. The Labute approximate surface area is 124 Å². The number of rotatable bonds is 5. The third-order valence-electron chi connectivity index (χ3n) is 2.60. The van der Waals surface area contributed by atoms with Crippen molar-refractivity contribution in [2.75, 3.05) is 6.54 Å². The van der Waals surface area contributed by atoms with Gasteiger partial charge in [0.15, 0.2) is 0 Å². The van der Waals surface area contributed by atoms with Gasteiger partial charge in [0, 0.05) is 30.0 Å². The molecule has 4 nitrogen and oxygen atoms in total. The van der Waals surface area contributed by atoms with Gasteiger partial charge in [-0.1, -0.05) is 17.7 Å². The molecule has 19 heavy (non-hydrogen) atoms. The number of aromatic nitrogens is 2. The molecule has 0 fully saturated rings. The van der Waals surface area contributed by atoms with Gasteiger partial charge in [-0.3, -0.25) is 9.48 Å². The Morgan fingerprint density at radius 3 is 3.00 bits per heavy atom. The number of benzene rings is 1. The van der Waals surface area contributed by atoms with Gasteiger partial charge in [0.2, 0.25) is 0 Å². The van der Waals surface area contributed by atoms with E-state index in [1.807, 2.05) is 16.9 Å². The number of hydrogen-bond acceptors (Lipinski definition) is 2. The van der Waals surface area contributed by atoms with Crippen LogP contribution in [0.2, 0.25) is 5.02 Å². The lowest BCUT2D eigenvalue weighted by Crippen LogP contribution is -2.25. The van der Waals surface area contributed by atoms with Crippen molar-refractivity contribution >= 4 is 33.4 Å². The molecule has 100 valence electrons. The van der Waals surface area contributed by atoms with Crippen LogP contribution < -0.4 is 5.32 Å². The van der Waals surface area contributed by atoms with E-state index < -0.39 is 0 Å². The summed E-state index contributed by atoms with van der Waals surface area (Å²) >= 11 is 9.36. The molecule has 0 bridgehead atoms. The Balaban J connectivity index is 1.83. The molecule has 0 aliphatic carbocycles. The molecule has 1 aromatic heterocycles. The van der Waals surface area contributed by atoms with Crippen molar-refractivity contribution in [1.82, 2.24) is 15.1 Å². The van der Waals surface area contributed by atoms with Crippen molar-refractivity contribution in [2.24, 2.45) is 0 Å². The highest BCUT2D eigenvalue weighted by atomic mass is 79.9. The highest BCUT2D eigenvalue weighted by Crippen LogP contribution is 2.25. The fourth-order valence-electron chi connectivity index (χ4n) is 1.65. The van der Waals surface area contributed by atoms with Crippen molar-refractivity contribution in [3.8, 4) is 0 Å². The maximum absolute atomic E-state index is 11.9. The molecule has 0 saturated carbocycles. The van der Waals surface area contributed by atoms with E-state index in [1.165, 1.54) is 0 Å². The summed E-state index contributed by atoms with van der Waals surface area (Å²) in [6, 6.07) is 7.17. The first-order valence-corrected chi connectivity index (χ1v) is 7.05.